The van der Waals surface area contributed by atoms with Crippen LogP contribution in [0.2, 0.25) is 0 Å². The first-order valence-electron chi connectivity index (χ1n) is 5.77. The number of methoxy groups -OCH3 is 1. The molecule has 0 amide bonds. The van der Waals surface area contributed by atoms with E-state index in [0.29, 0.717) is 18.3 Å². The molecule has 2 rings (SSSR count). The highest BCUT2D eigenvalue weighted by atomic mass is 16.5. The summed E-state index contributed by atoms with van der Waals surface area (Å²) in [6.45, 7) is 2.15. The zero-order valence-corrected chi connectivity index (χ0v) is 9.00. The van der Waals surface area contributed by atoms with E-state index in [4.69, 9.17) is 9.47 Å². The summed E-state index contributed by atoms with van der Waals surface area (Å²) in [6.07, 6.45) is 7.28. The van der Waals surface area contributed by atoms with Gasteiger partial charge in [0.25, 0.3) is 0 Å². The lowest BCUT2D eigenvalue weighted by Crippen LogP contribution is -2.31. The average Bonchev–Trinajstić information content (AvgIpc) is 2.71. The maximum atomic E-state index is 6.04. The van der Waals surface area contributed by atoms with Crippen LogP contribution < -0.4 is 5.32 Å². The summed E-state index contributed by atoms with van der Waals surface area (Å²) in [4.78, 5) is 0. The molecule has 0 aromatic carbocycles. The molecule has 82 valence electrons. The van der Waals surface area contributed by atoms with E-state index < -0.39 is 0 Å². The van der Waals surface area contributed by atoms with Crippen molar-refractivity contribution < 1.29 is 9.47 Å². The van der Waals surface area contributed by atoms with Crippen LogP contribution in [-0.2, 0) is 9.47 Å². The standard InChI is InChI=1S/C11H21NO2/c1-13-9-3-2-4-10(7-9)14-11-5-6-12-8-11/h9-12H,2-8H2,1H3/t9-,10+,11+/m1/s1. The summed E-state index contributed by atoms with van der Waals surface area (Å²) in [5.74, 6) is 0. The van der Waals surface area contributed by atoms with Crippen LogP contribution in [-0.4, -0.2) is 38.5 Å². The Kier molecular flexibility index (Phi) is 3.79. The molecule has 1 N–H and O–H groups in total. The summed E-state index contributed by atoms with van der Waals surface area (Å²) in [6, 6.07) is 0. The van der Waals surface area contributed by atoms with E-state index in [1.807, 2.05) is 7.11 Å². The Morgan fingerprint density at radius 1 is 1.07 bits per heavy atom. The zero-order chi connectivity index (χ0) is 9.80. The van der Waals surface area contributed by atoms with Crippen molar-refractivity contribution in [2.24, 2.45) is 0 Å². The quantitative estimate of drug-likeness (QED) is 0.743. The third-order valence-corrected chi connectivity index (χ3v) is 3.31. The van der Waals surface area contributed by atoms with Gasteiger partial charge in [-0.3, -0.25) is 0 Å². The van der Waals surface area contributed by atoms with E-state index in [9.17, 15) is 0 Å². The first-order valence-corrected chi connectivity index (χ1v) is 5.77. The highest BCUT2D eigenvalue weighted by Crippen LogP contribution is 2.24. The lowest BCUT2D eigenvalue weighted by atomic mass is 9.95. The van der Waals surface area contributed by atoms with Gasteiger partial charge in [0.2, 0.25) is 0 Å². The largest absolute Gasteiger partial charge is 0.381 e. The van der Waals surface area contributed by atoms with Crippen molar-refractivity contribution >= 4 is 0 Å². The predicted octanol–water partition coefficient (Wildman–Crippen LogP) is 1.32. The molecule has 14 heavy (non-hydrogen) atoms. The van der Waals surface area contributed by atoms with Gasteiger partial charge in [0.1, 0.15) is 0 Å². The predicted molar refractivity (Wildman–Crippen MR) is 55.4 cm³/mol. The summed E-state index contributed by atoms with van der Waals surface area (Å²) in [7, 11) is 1.81. The van der Waals surface area contributed by atoms with E-state index in [2.05, 4.69) is 5.32 Å². The van der Waals surface area contributed by atoms with Crippen molar-refractivity contribution in [2.75, 3.05) is 20.2 Å². The number of nitrogens with one attached hydrogen (secondary N) is 1. The molecular formula is C11H21NO2. The second-order valence-corrected chi connectivity index (χ2v) is 4.40. The topological polar surface area (TPSA) is 30.5 Å². The molecular weight excluding hydrogens is 178 g/mol. The maximum absolute atomic E-state index is 6.04. The second-order valence-electron chi connectivity index (χ2n) is 4.40. The fourth-order valence-corrected chi connectivity index (χ4v) is 2.46. The van der Waals surface area contributed by atoms with Crippen LogP contribution in [0.15, 0.2) is 0 Å². The van der Waals surface area contributed by atoms with Gasteiger partial charge in [-0.2, -0.15) is 0 Å². The Morgan fingerprint density at radius 2 is 1.93 bits per heavy atom. The van der Waals surface area contributed by atoms with Crippen molar-refractivity contribution in [1.82, 2.24) is 5.32 Å². The van der Waals surface area contributed by atoms with Crippen LogP contribution in [0.5, 0.6) is 0 Å². The Morgan fingerprint density at radius 3 is 2.64 bits per heavy atom. The highest BCUT2D eigenvalue weighted by Gasteiger charge is 2.26. The lowest BCUT2D eigenvalue weighted by Gasteiger charge is -2.30. The fraction of sp³-hybridized carbons (Fsp3) is 1.00. The Labute approximate surface area is 86.2 Å². The first kappa shape index (κ1) is 10.4. The summed E-state index contributed by atoms with van der Waals surface area (Å²) in [5.41, 5.74) is 0. The van der Waals surface area contributed by atoms with Crippen molar-refractivity contribution in [3.8, 4) is 0 Å². The Bertz CT molecular complexity index is 169. The molecule has 2 aliphatic rings. The normalized spacial score (nSPS) is 38.8. The molecule has 0 bridgehead atoms. The minimum atomic E-state index is 0.433. The van der Waals surface area contributed by atoms with E-state index in [-0.39, 0.29) is 0 Å². The molecule has 0 aromatic rings. The third kappa shape index (κ3) is 2.69. The van der Waals surface area contributed by atoms with Crippen LogP contribution in [0.1, 0.15) is 32.1 Å². The molecule has 1 aliphatic heterocycles. The molecule has 0 unspecified atom stereocenters. The van der Waals surface area contributed by atoms with Crippen LogP contribution in [0, 0.1) is 0 Å². The van der Waals surface area contributed by atoms with Crippen LogP contribution in [0.4, 0.5) is 0 Å². The van der Waals surface area contributed by atoms with Crippen LogP contribution in [0.25, 0.3) is 0 Å². The molecule has 1 heterocycles. The molecule has 1 aliphatic carbocycles. The summed E-state index contributed by atoms with van der Waals surface area (Å²) in [5, 5.41) is 3.33. The van der Waals surface area contributed by atoms with Crippen molar-refractivity contribution in [3.63, 3.8) is 0 Å². The molecule has 3 atom stereocenters. The van der Waals surface area contributed by atoms with Crippen molar-refractivity contribution in [1.29, 1.82) is 0 Å². The Balaban J connectivity index is 1.73. The van der Waals surface area contributed by atoms with Crippen molar-refractivity contribution in [2.45, 2.75) is 50.4 Å². The molecule has 0 aromatic heterocycles. The van der Waals surface area contributed by atoms with E-state index in [1.54, 1.807) is 0 Å². The number of rotatable bonds is 3. The van der Waals surface area contributed by atoms with E-state index in [0.717, 1.165) is 19.5 Å². The third-order valence-electron chi connectivity index (χ3n) is 3.31. The molecule has 0 radical (unpaired) electrons. The number of hydrogen-bond acceptors (Lipinski definition) is 3. The van der Waals surface area contributed by atoms with Gasteiger partial charge in [-0.05, 0) is 38.6 Å². The van der Waals surface area contributed by atoms with Gasteiger partial charge in [0.15, 0.2) is 0 Å². The monoisotopic (exact) mass is 199 g/mol. The Hall–Kier alpha value is -0.120. The molecule has 1 saturated heterocycles. The molecule has 3 nitrogen and oxygen atoms in total. The fourth-order valence-electron chi connectivity index (χ4n) is 2.46. The van der Waals surface area contributed by atoms with Gasteiger partial charge < -0.3 is 14.8 Å². The average molecular weight is 199 g/mol. The molecule has 1 saturated carbocycles. The first-order chi connectivity index (χ1) is 6.88. The second kappa shape index (κ2) is 5.10. The molecule has 0 spiro atoms. The van der Waals surface area contributed by atoms with Crippen LogP contribution in [0.3, 0.4) is 0 Å². The minimum absolute atomic E-state index is 0.433. The minimum Gasteiger partial charge on any atom is -0.381 e. The van der Waals surface area contributed by atoms with Crippen LogP contribution >= 0.6 is 0 Å². The molecule has 3 heteroatoms. The smallest absolute Gasteiger partial charge is 0.0715 e. The van der Waals surface area contributed by atoms with Gasteiger partial charge in [0, 0.05) is 13.7 Å². The van der Waals surface area contributed by atoms with E-state index in [1.165, 1.54) is 25.7 Å². The maximum Gasteiger partial charge on any atom is 0.0715 e. The summed E-state index contributed by atoms with van der Waals surface area (Å²) >= 11 is 0. The van der Waals surface area contributed by atoms with E-state index >= 15 is 0 Å². The van der Waals surface area contributed by atoms with Gasteiger partial charge >= 0.3 is 0 Å². The number of ether oxygens (including phenoxy) is 2. The van der Waals surface area contributed by atoms with Gasteiger partial charge in [-0.1, -0.05) is 0 Å². The summed E-state index contributed by atoms with van der Waals surface area (Å²) < 4.78 is 11.4. The van der Waals surface area contributed by atoms with Gasteiger partial charge in [-0.25, -0.2) is 0 Å². The SMILES string of the molecule is CO[C@@H]1CCC[C@H](O[C@H]2CCNC2)C1. The molecule has 2 fully saturated rings. The van der Waals surface area contributed by atoms with Crippen molar-refractivity contribution in [3.05, 3.63) is 0 Å². The zero-order valence-electron chi connectivity index (χ0n) is 9.00. The van der Waals surface area contributed by atoms with Gasteiger partial charge in [-0.15, -0.1) is 0 Å². The van der Waals surface area contributed by atoms with Gasteiger partial charge in [0.05, 0.1) is 18.3 Å². The lowest BCUT2D eigenvalue weighted by molar-refractivity contribution is -0.0581. The highest BCUT2D eigenvalue weighted by molar-refractivity contribution is 4.78. The number of hydrogen-bond donors (Lipinski definition) is 1.